The van der Waals surface area contributed by atoms with Gasteiger partial charge < -0.3 is 0 Å². The van der Waals surface area contributed by atoms with Crippen molar-refractivity contribution in [3.63, 3.8) is 0 Å². The molecule has 2 aromatic heterocycles. The van der Waals surface area contributed by atoms with Crippen LogP contribution >= 0.6 is 0 Å². The van der Waals surface area contributed by atoms with E-state index in [1.165, 1.54) is 49.4 Å². The number of rotatable bonds is 6. The molecular formula is C47H35N3. The number of pyridine rings is 1. The van der Waals surface area contributed by atoms with E-state index in [1.807, 2.05) is 12.4 Å². The highest BCUT2D eigenvalue weighted by molar-refractivity contribution is 5.88. The Morgan fingerprint density at radius 3 is 1.90 bits per heavy atom. The first kappa shape index (κ1) is 29.9. The van der Waals surface area contributed by atoms with Crippen LogP contribution in [0.3, 0.4) is 0 Å². The van der Waals surface area contributed by atoms with Crippen LogP contribution in [0.4, 0.5) is 0 Å². The Hall–Kier alpha value is -6.19. The van der Waals surface area contributed by atoms with Crippen LogP contribution in [0.15, 0.2) is 176 Å². The number of hydrogen-bond acceptors (Lipinski definition) is 3. The number of fused-ring (bicyclic) bond motifs is 2. The molecule has 0 aliphatic heterocycles. The summed E-state index contributed by atoms with van der Waals surface area (Å²) in [4.78, 5) is 15.0. The summed E-state index contributed by atoms with van der Waals surface area (Å²) in [6, 6.07) is 53.8. The Balaban J connectivity index is 1.10. The van der Waals surface area contributed by atoms with Gasteiger partial charge in [0.15, 0.2) is 5.82 Å². The average molecular weight is 642 g/mol. The molecule has 0 spiro atoms. The molecule has 1 aliphatic carbocycles. The molecule has 238 valence electrons. The second-order valence-corrected chi connectivity index (χ2v) is 13.2. The van der Waals surface area contributed by atoms with Crippen molar-refractivity contribution in [3.8, 4) is 44.9 Å². The van der Waals surface area contributed by atoms with E-state index in [0.29, 0.717) is 5.92 Å². The van der Waals surface area contributed by atoms with E-state index < -0.39 is 0 Å². The highest BCUT2D eigenvalue weighted by atomic mass is 14.9. The molecule has 6 aromatic carbocycles. The maximum Gasteiger partial charge on any atom is 0.160 e. The van der Waals surface area contributed by atoms with Crippen LogP contribution in [-0.2, 0) is 0 Å². The van der Waals surface area contributed by atoms with Crippen LogP contribution in [0.1, 0.15) is 35.9 Å². The van der Waals surface area contributed by atoms with Gasteiger partial charge in [-0.25, -0.2) is 9.97 Å². The third kappa shape index (κ3) is 5.88. The predicted molar refractivity (Wildman–Crippen MR) is 207 cm³/mol. The maximum absolute atomic E-state index is 5.24. The summed E-state index contributed by atoms with van der Waals surface area (Å²) in [5.41, 5.74) is 10.1. The Labute approximate surface area is 292 Å². The van der Waals surface area contributed by atoms with Crippen LogP contribution < -0.4 is 0 Å². The minimum Gasteiger partial charge on any atom is -0.264 e. The van der Waals surface area contributed by atoms with Gasteiger partial charge in [-0.15, -0.1) is 0 Å². The fraction of sp³-hybridized carbons (Fsp3) is 0.0851. The molecule has 2 atom stereocenters. The van der Waals surface area contributed by atoms with Crippen LogP contribution in [0.5, 0.6) is 0 Å². The standard InChI is InChI=1S/C47H35N3/c1-2-9-32(10-3-1)34-17-24-37(25-18-34)47-49-45(36-22-20-35(21-23-36)44-31-48-30-42-13-6-7-16-43(42)44)29-46(50-47)41-15-8-14-39(28-41)40-26-19-33-11-4-5-12-38(33)27-40/h1-20,22,24-31,35-36H,21,23H2. The smallest absolute Gasteiger partial charge is 0.160 e. The fourth-order valence-electron chi connectivity index (χ4n) is 7.36. The second-order valence-electron chi connectivity index (χ2n) is 13.2. The highest BCUT2D eigenvalue weighted by Crippen LogP contribution is 2.39. The summed E-state index contributed by atoms with van der Waals surface area (Å²) < 4.78 is 0. The molecule has 1 aliphatic rings. The van der Waals surface area contributed by atoms with Gasteiger partial charge in [0, 0.05) is 40.7 Å². The van der Waals surface area contributed by atoms with Gasteiger partial charge in [-0.3, -0.25) is 4.98 Å². The monoisotopic (exact) mass is 641 g/mol. The van der Waals surface area contributed by atoms with E-state index in [9.17, 15) is 0 Å². The molecule has 2 heterocycles. The molecule has 0 amide bonds. The molecule has 0 saturated carbocycles. The molecule has 9 rings (SSSR count). The van der Waals surface area contributed by atoms with Crippen molar-refractivity contribution in [2.75, 3.05) is 0 Å². The molecule has 0 N–H and O–H groups in total. The molecule has 0 saturated heterocycles. The normalized spacial score (nSPS) is 15.8. The van der Waals surface area contributed by atoms with Crippen molar-refractivity contribution < 1.29 is 0 Å². The Morgan fingerprint density at radius 2 is 1.06 bits per heavy atom. The minimum atomic E-state index is 0.196. The first-order chi connectivity index (χ1) is 24.7. The first-order valence-corrected chi connectivity index (χ1v) is 17.4. The van der Waals surface area contributed by atoms with Crippen LogP contribution in [0, 0.1) is 0 Å². The Morgan fingerprint density at radius 1 is 0.420 bits per heavy atom. The van der Waals surface area contributed by atoms with Gasteiger partial charge >= 0.3 is 0 Å². The lowest BCUT2D eigenvalue weighted by Gasteiger charge is -2.24. The van der Waals surface area contributed by atoms with E-state index in [1.54, 1.807) is 0 Å². The number of benzene rings is 6. The minimum absolute atomic E-state index is 0.196. The van der Waals surface area contributed by atoms with E-state index in [-0.39, 0.29) is 5.92 Å². The van der Waals surface area contributed by atoms with Gasteiger partial charge in [0.25, 0.3) is 0 Å². The van der Waals surface area contributed by atoms with Gasteiger partial charge in [0.2, 0.25) is 0 Å². The molecule has 3 heteroatoms. The highest BCUT2D eigenvalue weighted by Gasteiger charge is 2.23. The lowest BCUT2D eigenvalue weighted by molar-refractivity contribution is 0.592. The van der Waals surface area contributed by atoms with E-state index >= 15 is 0 Å². The summed E-state index contributed by atoms with van der Waals surface area (Å²) in [5.74, 6) is 1.28. The van der Waals surface area contributed by atoms with E-state index in [0.717, 1.165) is 41.2 Å². The topological polar surface area (TPSA) is 38.7 Å². The molecule has 0 radical (unpaired) electrons. The lowest BCUT2D eigenvalue weighted by Crippen LogP contribution is -2.10. The molecule has 3 nitrogen and oxygen atoms in total. The first-order valence-electron chi connectivity index (χ1n) is 17.4. The largest absolute Gasteiger partial charge is 0.264 e. The molecule has 8 aromatic rings. The van der Waals surface area contributed by atoms with Crippen LogP contribution in [0.25, 0.3) is 66.4 Å². The molecular weight excluding hydrogens is 607 g/mol. The maximum atomic E-state index is 5.24. The number of allylic oxidation sites excluding steroid dienone is 2. The van der Waals surface area contributed by atoms with Crippen molar-refractivity contribution in [1.29, 1.82) is 0 Å². The number of nitrogens with zero attached hydrogens (tertiary/aromatic N) is 3. The van der Waals surface area contributed by atoms with Gasteiger partial charge in [-0.1, -0.05) is 146 Å². The quantitative estimate of drug-likeness (QED) is 0.170. The Bertz CT molecular complexity index is 2490. The number of aromatic nitrogens is 3. The number of hydrogen-bond donors (Lipinski definition) is 0. The lowest BCUT2D eigenvalue weighted by atomic mass is 9.82. The van der Waals surface area contributed by atoms with Gasteiger partial charge in [-0.05, 0) is 75.0 Å². The van der Waals surface area contributed by atoms with Gasteiger partial charge in [-0.2, -0.15) is 0 Å². The summed E-state index contributed by atoms with van der Waals surface area (Å²) in [7, 11) is 0. The fourth-order valence-corrected chi connectivity index (χ4v) is 7.36. The van der Waals surface area contributed by atoms with E-state index in [2.05, 4.69) is 169 Å². The summed E-state index contributed by atoms with van der Waals surface area (Å²) in [6.45, 7) is 0. The summed E-state index contributed by atoms with van der Waals surface area (Å²) in [5, 5.41) is 4.96. The summed E-state index contributed by atoms with van der Waals surface area (Å²) >= 11 is 0. The third-order valence-electron chi connectivity index (χ3n) is 10.1. The molecule has 2 unspecified atom stereocenters. The van der Waals surface area contributed by atoms with Crippen molar-refractivity contribution in [2.24, 2.45) is 0 Å². The van der Waals surface area contributed by atoms with E-state index in [4.69, 9.17) is 9.97 Å². The zero-order chi connectivity index (χ0) is 33.3. The van der Waals surface area contributed by atoms with Crippen molar-refractivity contribution in [2.45, 2.75) is 24.7 Å². The molecule has 50 heavy (non-hydrogen) atoms. The van der Waals surface area contributed by atoms with Crippen molar-refractivity contribution >= 4 is 21.5 Å². The third-order valence-corrected chi connectivity index (χ3v) is 10.1. The SMILES string of the molecule is C1=CC(c2cncc3ccccc23)CCC1c1cc(-c2cccc(-c3ccc4ccccc4c3)c2)nc(-c2ccc(-c3ccccc3)cc2)n1. The second kappa shape index (κ2) is 13.0. The van der Waals surface area contributed by atoms with Crippen LogP contribution in [0.2, 0.25) is 0 Å². The van der Waals surface area contributed by atoms with Crippen molar-refractivity contribution in [1.82, 2.24) is 15.0 Å². The summed E-state index contributed by atoms with van der Waals surface area (Å²) in [6.07, 6.45) is 10.8. The van der Waals surface area contributed by atoms with Crippen LogP contribution in [-0.4, -0.2) is 15.0 Å². The van der Waals surface area contributed by atoms with Gasteiger partial charge in [0.1, 0.15) is 0 Å². The average Bonchev–Trinajstić information content (AvgIpc) is 3.21. The van der Waals surface area contributed by atoms with Gasteiger partial charge in [0.05, 0.1) is 11.4 Å². The molecule has 0 bridgehead atoms. The Kier molecular flexibility index (Phi) is 7.79. The molecule has 0 fully saturated rings. The predicted octanol–water partition coefficient (Wildman–Crippen LogP) is 12.1. The van der Waals surface area contributed by atoms with Crippen molar-refractivity contribution in [3.05, 3.63) is 187 Å². The zero-order valence-corrected chi connectivity index (χ0v) is 27.7. The zero-order valence-electron chi connectivity index (χ0n) is 27.7.